The first-order valence-corrected chi connectivity index (χ1v) is 13.3. The number of likely N-dealkylation sites (N-methyl/N-ethyl adjacent to an activating group) is 1. The lowest BCUT2D eigenvalue weighted by Gasteiger charge is -2.41. The van der Waals surface area contributed by atoms with Crippen molar-refractivity contribution >= 4 is 44.9 Å². The predicted molar refractivity (Wildman–Crippen MR) is 152 cm³/mol. The lowest BCUT2D eigenvalue weighted by molar-refractivity contribution is -0.256. The van der Waals surface area contributed by atoms with Gasteiger partial charge in [0.25, 0.3) is 5.91 Å². The summed E-state index contributed by atoms with van der Waals surface area (Å²) >= 11 is 0. The predicted octanol–water partition coefficient (Wildman–Crippen LogP) is -3.79. The van der Waals surface area contributed by atoms with Crippen molar-refractivity contribution < 1.29 is 49.0 Å². The van der Waals surface area contributed by atoms with Gasteiger partial charge in [-0.1, -0.05) is 6.07 Å². The molecule has 0 bridgehead atoms. The van der Waals surface area contributed by atoms with Gasteiger partial charge in [-0.2, -0.15) is 0 Å². The molecule has 0 radical (unpaired) electrons. The van der Waals surface area contributed by atoms with Crippen molar-refractivity contribution in [1.82, 2.24) is 15.1 Å². The minimum absolute atomic E-state index is 0.0832. The molecule has 2 aromatic rings. The number of amides is 2. The summed E-state index contributed by atoms with van der Waals surface area (Å²) in [7, 11) is 3.50. The molecule has 0 aliphatic carbocycles. The average Bonchev–Trinajstić information content (AvgIpc) is 3.30. The number of aldehydes is 1. The minimum atomic E-state index is -3.37. The number of phenols is 2. The monoisotopic (exact) mass is 586 g/mol. The van der Waals surface area contributed by atoms with Gasteiger partial charge in [-0.15, -0.1) is 0 Å². The highest BCUT2D eigenvalue weighted by Crippen LogP contribution is 2.37. The topological polar surface area (TPSA) is 192 Å². The number of carbonyl (C=O) groups is 3. The molecule has 224 valence electrons. The maximum atomic E-state index is 15.8. The van der Waals surface area contributed by atoms with Crippen LogP contribution in [0.1, 0.15) is 27.0 Å². The highest BCUT2D eigenvalue weighted by molar-refractivity contribution is 6.35. The van der Waals surface area contributed by atoms with Crippen molar-refractivity contribution in [2.45, 2.75) is 37.0 Å². The number of nitrogens with zero attached hydrogens (tertiary/aromatic N) is 2. The summed E-state index contributed by atoms with van der Waals surface area (Å²) in [6.07, 6.45) is -0.144. The van der Waals surface area contributed by atoms with Gasteiger partial charge < -0.3 is 50.6 Å². The van der Waals surface area contributed by atoms with Crippen LogP contribution in [0.2, 0.25) is 0 Å². The van der Waals surface area contributed by atoms with Crippen molar-refractivity contribution in [2.75, 3.05) is 38.7 Å². The van der Waals surface area contributed by atoms with E-state index in [1.54, 1.807) is 6.07 Å². The fourth-order valence-electron chi connectivity index (χ4n) is 5.20. The number of fused-ring (bicyclic) bond motifs is 1. The fraction of sp³-hybridized carbons (Fsp3) is 0.423. The van der Waals surface area contributed by atoms with Crippen molar-refractivity contribution in [2.24, 2.45) is 0 Å². The number of carbonyl (C=O) groups excluding carboxylic acids is 3. The molecular formula is C26H33B2FN4O9. The van der Waals surface area contributed by atoms with Gasteiger partial charge in [0.2, 0.25) is 11.7 Å². The van der Waals surface area contributed by atoms with Gasteiger partial charge in [-0.25, -0.2) is 4.39 Å². The zero-order chi connectivity index (χ0) is 31.0. The van der Waals surface area contributed by atoms with Gasteiger partial charge in [0.15, 0.2) is 25.4 Å². The van der Waals surface area contributed by atoms with Gasteiger partial charge in [0.1, 0.15) is 25.5 Å². The first-order chi connectivity index (χ1) is 19.8. The summed E-state index contributed by atoms with van der Waals surface area (Å²) < 4.78 is 21.1. The Hall–Kier alpha value is -3.69. The Morgan fingerprint density at radius 2 is 1.86 bits per heavy atom. The summed E-state index contributed by atoms with van der Waals surface area (Å²) in [5.74, 6) is -6.98. The molecule has 16 heteroatoms. The van der Waals surface area contributed by atoms with Crippen LogP contribution in [0.15, 0.2) is 18.2 Å². The second-order valence-corrected chi connectivity index (χ2v) is 10.6. The van der Waals surface area contributed by atoms with Crippen LogP contribution in [0.3, 0.4) is 0 Å². The van der Waals surface area contributed by atoms with Gasteiger partial charge in [-0.05, 0) is 23.2 Å². The fourth-order valence-corrected chi connectivity index (χ4v) is 5.20. The lowest BCUT2D eigenvalue weighted by Crippen LogP contribution is -2.70. The molecule has 0 aromatic heterocycles. The molecule has 7 N–H and O–H groups in total. The molecule has 0 saturated carbocycles. The number of aliphatic hydroxyl groups is 3. The minimum Gasteiger partial charge on any atom is -0.505 e. The second kappa shape index (κ2) is 11.9. The largest absolute Gasteiger partial charge is 0.505 e. The molecule has 2 aliphatic rings. The number of hydrogen-bond donors (Lipinski definition) is 7. The number of rotatable bonds is 10. The van der Waals surface area contributed by atoms with Crippen molar-refractivity contribution in [3.05, 3.63) is 46.3 Å². The molecule has 2 atom stereocenters. The molecule has 42 heavy (non-hydrogen) atoms. The highest BCUT2D eigenvalue weighted by atomic mass is 19.1. The molecule has 2 aliphatic heterocycles. The van der Waals surface area contributed by atoms with E-state index >= 15 is 4.39 Å². The maximum absolute atomic E-state index is 15.8. The van der Waals surface area contributed by atoms with E-state index < -0.39 is 46.5 Å². The lowest BCUT2D eigenvalue weighted by atomic mass is 9.72. The Balaban J connectivity index is 1.64. The van der Waals surface area contributed by atoms with Crippen LogP contribution in [0, 0.1) is 5.82 Å². The Morgan fingerprint density at radius 3 is 2.48 bits per heavy atom. The van der Waals surface area contributed by atoms with E-state index in [2.05, 4.69) is 10.6 Å². The number of aromatic hydroxyl groups is 2. The molecule has 4 rings (SSSR count). The van der Waals surface area contributed by atoms with E-state index in [9.17, 15) is 39.9 Å². The third kappa shape index (κ3) is 5.43. The number of morpholine rings is 1. The van der Waals surface area contributed by atoms with E-state index in [0.29, 0.717) is 37.6 Å². The number of nitrogens with one attached hydrogen (secondary N) is 2. The van der Waals surface area contributed by atoms with Crippen LogP contribution in [0.25, 0.3) is 0 Å². The summed E-state index contributed by atoms with van der Waals surface area (Å²) in [6.45, 7) is 1.71. The summed E-state index contributed by atoms with van der Waals surface area (Å²) in [5, 5.41) is 58.2. The normalized spacial score (nSPS) is 17.8. The van der Waals surface area contributed by atoms with E-state index in [0.717, 1.165) is 12.7 Å². The first-order valence-electron chi connectivity index (χ1n) is 13.3. The number of benzene rings is 2. The van der Waals surface area contributed by atoms with E-state index in [-0.39, 0.29) is 48.1 Å². The molecule has 2 unspecified atom stereocenters. The average molecular weight is 586 g/mol. The quantitative estimate of drug-likeness (QED) is 0.0626. The third-order valence-electron chi connectivity index (χ3n) is 7.95. The Labute approximate surface area is 242 Å². The number of hydrogen-bond acceptors (Lipinski definition) is 11. The van der Waals surface area contributed by atoms with Crippen LogP contribution in [0.4, 0.5) is 10.1 Å². The third-order valence-corrected chi connectivity index (χ3v) is 7.95. The Kier molecular flexibility index (Phi) is 8.85. The van der Waals surface area contributed by atoms with Gasteiger partial charge in [0.05, 0.1) is 18.8 Å². The zero-order valence-electron chi connectivity index (χ0n) is 23.5. The SMILES string of the molecule is Bc1c(O)c(O)c(CNc2cccc3c2CN(C(C(=O)NC)C(O)(O)C(B)(O)C=O)C3=O)c(F)c1CN1CCOCC1. The van der Waals surface area contributed by atoms with Gasteiger partial charge in [0, 0.05) is 56.6 Å². The summed E-state index contributed by atoms with van der Waals surface area (Å²) in [6, 6.07) is 2.42. The number of ether oxygens (including phenoxy) is 1. The van der Waals surface area contributed by atoms with Gasteiger partial charge in [-0.3, -0.25) is 14.5 Å². The summed E-state index contributed by atoms with van der Waals surface area (Å²) in [4.78, 5) is 40.3. The van der Waals surface area contributed by atoms with Crippen molar-refractivity contribution in [1.29, 1.82) is 0 Å². The van der Waals surface area contributed by atoms with Crippen molar-refractivity contribution in [3.8, 4) is 11.5 Å². The van der Waals surface area contributed by atoms with E-state index in [1.165, 1.54) is 27.0 Å². The Bertz CT molecular complexity index is 1400. The first kappa shape index (κ1) is 31.3. The Morgan fingerprint density at radius 1 is 1.19 bits per heavy atom. The number of phenolic OH excluding ortho intramolecular Hbond substituents is 2. The van der Waals surface area contributed by atoms with E-state index in [1.807, 2.05) is 4.90 Å². The molecule has 2 aromatic carbocycles. The van der Waals surface area contributed by atoms with Gasteiger partial charge >= 0.3 is 0 Å². The molecule has 0 spiro atoms. The standard InChI is InChI=1S/C26H33B2FN4O9/c1-30-23(37)22(26(40,41)25(28,39)12-34)33-11-15-13(24(33)38)3-2-4-17(15)31-9-14-19(29)16(18(27)21(36)20(14)35)10-32-5-7-42-8-6-32/h2-4,12,22,31,35-36,39-41H,5-11,27-28H2,1H3,(H,30,37). The number of halogens is 1. The summed E-state index contributed by atoms with van der Waals surface area (Å²) in [5.41, 5.74) is -1.89. The highest BCUT2D eigenvalue weighted by Gasteiger charge is 2.57. The van der Waals surface area contributed by atoms with Crippen molar-refractivity contribution in [3.63, 3.8) is 0 Å². The molecule has 2 heterocycles. The maximum Gasteiger partial charge on any atom is 0.255 e. The second-order valence-electron chi connectivity index (χ2n) is 10.6. The molecule has 2 amide bonds. The smallest absolute Gasteiger partial charge is 0.255 e. The van der Waals surface area contributed by atoms with Crippen LogP contribution in [-0.2, 0) is 34.0 Å². The molecular weight excluding hydrogens is 553 g/mol. The van der Waals surface area contributed by atoms with Crippen LogP contribution >= 0.6 is 0 Å². The van der Waals surface area contributed by atoms with E-state index in [4.69, 9.17) is 4.74 Å². The molecule has 1 fully saturated rings. The van der Waals surface area contributed by atoms with Crippen LogP contribution in [-0.4, -0.2) is 120 Å². The number of anilines is 1. The molecule has 1 saturated heterocycles. The molecule has 13 nitrogen and oxygen atoms in total. The zero-order valence-corrected chi connectivity index (χ0v) is 23.5. The van der Waals surface area contributed by atoms with Crippen LogP contribution < -0.4 is 16.1 Å². The van der Waals surface area contributed by atoms with Crippen LogP contribution in [0.5, 0.6) is 11.5 Å².